The number of hydrogen-bond acceptors (Lipinski definition) is 1. The highest BCUT2D eigenvalue weighted by molar-refractivity contribution is 6.31. The van der Waals surface area contributed by atoms with Gasteiger partial charge in [0.25, 0.3) is 0 Å². The van der Waals surface area contributed by atoms with Crippen molar-refractivity contribution < 1.29 is 4.39 Å². The van der Waals surface area contributed by atoms with Crippen LogP contribution in [0.25, 0.3) is 0 Å². The van der Waals surface area contributed by atoms with Gasteiger partial charge < -0.3 is 5.32 Å². The maximum Gasteiger partial charge on any atom is 0.124 e. The minimum atomic E-state index is -0.264. The van der Waals surface area contributed by atoms with Crippen LogP contribution in [0.4, 0.5) is 4.39 Å². The van der Waals surface area contributed by atoms with Gasteiger partial charge >= 0.3 is 0 Å². The molecule has 1 aliphatic heterocycles. The van der Waals surface area contributed by atoms with Gasteiger partial charge in [-0.2, -0.15) is 0 Å². The molecular weight excluding hydrogens is 213 g/mol. The smallest absolute Gasteiger partial charge is 0.124 e. The normalized spacial score (nSPS) is 21.6. The van der Waals surface area contributed by atoms with Crippen LogP contribution in [-0.2, 0) is 6.42 Å². The third kappa shape index (κ3) is 2.93. The van der Waals surface area contributed by atoms with Gasteiger partial charge in [-0.3, -0.25) is 0 Å². The summed E-state index contributed by atoms with van der Waals surface area (Å²) >= 11 is 5.98. The highest BCUT2D eigenvalue weighted by Crippen LogP contribution is 2.21. The van der Waals surface area contributed by atoms with Crippen molar-refractivity contribution >= 4 is 11.6 Å². The van der Waals surface area contributed by atoms with Crippen LogP contribution in [-0.4, -0.2) is 12.6 Å². The molecular formula is C12H15ClFN. The Kier molecular flexibility index (Phi) is 3.60. The van der Waals surface area contributed by atoms with Crippen LogP contribution in [0.5, 0.6) is 0 Å². The Hall–Kier alpha value is -0.600. The maximum absolute atomic E-state index is 12.8. The SMILES string of the molecule is Fc1ccc(CC2CCCCN2)c(Cl)c1. The minimum Gasteiger partial charge on any atom is -0.314 e. The van der Waals surface area contributed by atoms with Crippen LogP contribution >= 0.6 is 11.6 Å². The standard InChI is InChI=1S/C12H15ClFN/c13-12-8-10(14)5-4-9(12)7-11-3-1-2-6-15-11/h4-5,8,11,15H,1-3,6-7H2. The number of hydrogen-bond donors (Lipinski definition) is 1. The topological polar surface area (TPSA) is 12.0 Å². The molecule has 82 valence electrons. The van der Waals surface area contributed by atoms with Crippen LogP contribution in [0.1, 0.15) is 24.8 Å². The first-order valence-electron chi connectivity index (χ1n) is 5.43. The van der Waals surface area contributed by atoms with Gasteiger partial charge in [0, 0.05) is 11.1 Å². The quantitative estimate of drug-likeness (QED) is 0.819. The van der Waals surface area contributed by atoms with Crippen molar-refractivity contribution in [2.75, 3.05) is 6.54 Å². The van der Waals surface area contributed by atoms with E-state index in [9.17, 15) is 4.39 Å². The zero-order chi connectivity index (χ0) is 10.7. The summed E-state index contributed by atoms with van der Waals surface area (Å²) in [6, 6.07) is 5.15. The molecule has 0 aliphatic carbocycles. The van der Waals surface area contributed by atoms with Gasteiger partial charge in [-0.25, -0.2) is 4.39 Å². The summed E-state index contributed by atoms with van der Waals surface area (Å²) in [7, 11) is 0. The molecule has 0 amide bonds. The lowest BCUT2D eigenvalue weighted by atomic mass is 9.98. The molecule has 1 aromatic rings. The Labute approximate surface area is 94.6 Å². The molecule has 1 N–H and O–H groups in total. The number of halogens is 2. The fraction of sp³-hybridized carbons (Fsp3) is 0.500. The number of benzene rings is 1. The lowest BCUT2D eigenvalue weighted by Crippen LogP contribution is -2.35. The third-order valence-electron chi connectivity index (χ3n) is 2.89. The van der Waals surface area contributed by atoms with E-state index in [-0.39, 0.29) is 5.82 Å². The van der Waals surface area contributed by atoms with E-state index in [0.717, 1.165) is 18.5 Å². The highest BCUT2D eigenvalue weighted by atomic mass is 35.5. The van der Waals surface area contributed by atoms with E-state index in [0.29, 0.717) is 11.1 Å². The number of nitrogens with one attached hydrogen (secondary N) is 1. The molecule has 1 fully saturated rings. The molecule has 0 aromatic heterocycles. The van der Waals surface area contributed by atoms with Crippen molar-refractivity contribution in [2.24, 2.45) is 0 Å². The minimum absolute atomic E-state index is 0.264. The van der Waals surface area contributed by atoms with Crippen molar-refractivity contribution in [1.29, 1.82) is 0 Å². The van der Waals surface area contributed by atoms with E-state index < -0.39 is 0 Å². The van der Waals surface area contributed by atoms with Gasteiger partial charge in [0.1, 0.15) is 5.82 Å². The molecule has 0 bridgehead atoms. The van der Waals surface area contributed by atoms with E-state index in [1.165, 1.54) is 31.4 Å². The van der Waals surface area contributed by atoms with Crippen LogP contribution in [0.3, 0.4) is 0 Å². The molecule has 1 nitrogen and oxygen atoms in total. The van der Waals surface area contributed by atoms with Crippen molar-refractivity contribution in [3.63, 3.8) is 0 Å². The van der Waals surface area contributed by atoms with E-state index >= 15 is 0 Å². The molecule has 0 spiro atoms. The Morgan fingerprint density at radius 2 is 2.27 bits per heavy atom. The summed E-state index contributed by atoms with van der Waals surface area (Å²) in [6.07, 6.45) is 4.62. The first-order valence-corrected chi connectivity index (χ1v) is 5.81. The first-order chi connectivity index (χ1) is 7.25. The molecule has 0 saturated carbocycles. The monoisotopic (exact) mass is 227 g/mol. The van der Waals surface area contributed by atoms with Crippen molar-refractivity contribution in [3.05, 3.63) is 34.6 Å². The molecule has 1 heterocycles. The molecule has 0 radical (unpaired) electrons. The molecule has 3 heteroatoms. The Morgan fingerprint density at radius 1 is 1.40 bits per heavy atom. The van der Waals surface area contributed by atoms with E-state index in [1.807, 2.05) is 0 Å². The second-order valence-electron chi connectivity index (χ2n) is 4.09. The van der Waals surface area contributed by atoms with Gasteiger partial charge in [0.15, 0.2) is 0 Å². The van der Waals surface area contributed by atoms with Crippen molar-refractivity contribution in [3.8, 4) is 0 Å². The van der Waals surface area contributed by atoms with Crippen molar-refractivity contribution in [1.82, 2.24) is 5.32 Å². The molecule has 2 rings (SSSR count). The van der Waals surface area contributed by atoms with Gasteiger partial charge in [-0.05, 0) is 43.5 Å². The predicted molar refractivity (Wildman–Crippen MR) is 60.8 cm³/mol. The highest BCUT2D eigenvalue weighted by Gasteiger charge is 2.14. The molecule has 1 saturated heterocycles. The maximum atomic E-state index is 12.8. The summed E-state index contributed by atoms with van der Waals surface area (Å²) in [5, 5.41) is 4.00. The lowest BCUT2D eigenvalue weighted by Gasteiger charge is -2.23. The van der Waals surface area contributed by atoms with E-state index in [4.69, 9.17) is 11.6 Å². The summed E-state index contributed by atoms with van der Waals surface area (Å²) in [6.45, 7) is 1.09. The summed E-state index contributed by atoms with van der Waals surface area (Å²) in [5.41, 5.74) is 1.04. The fourth-order valence-corrected chi connectivity index (χ4v) is 2.30. The van der Waals surface area contributed by atoms with Crippen LogP contribution < -0.4 is 5.32 Å². The summed E-state index contributed by atoms with van der Waals surface area (Å²) < 4.78 is 12.8. The first kappa shape index (κ1) is 10.9. The predicted octanol–water partition coefficient (Wildman–Crippen LogP) is 3.16. The van der Waals surface area contributed by atoms with Gasteiger partial charge in [-0.15, -0.1) is 0 Å². The second-order valence-corrected chi connectivity index (χ2v) is 4.49. The molecule has 1 atom stereocenters. The number of piperidine rings is 1. The average Bonchev–Trinajstić information content (AvgIpc) is 2.24. The van der Waals surface area contributed by atoms with Gasteiger partial charge in [0.05, 0.1) is 0 Å². The Morgan fingerprint density at radius 3 is 2.93 bits per heavy atom. The van der Waals surface area contributed by atoms with Crippen LogP contribution in [0, 0.1) is 5.82 Å². The number of rotatable bonds is 2. The van der Waals surface area contributed by atoms with Crippen LogP contribution in [0.15, 0.2) is 18.2 Å². The molecule has 15 heavy (non-hydrogen) atoms. The Balaban J connectivity index is 2.03. The fourth-order valence-electron chi connectivity index (χ4n) is 2.05. The van der Waals surface area contributed by atoms with Gasteiger partial charge in [0.2, 0.25) is 0 Å². The van der Waals surface area contributed by atoms with E-state index in [2.05, 4.69) is 5.32 Å². The summed E-state index contributed by atoms with van der Waals surface area (Å²) in [4.78, 5) is 0. The van der Waals surface area contributed by atoms with E-state index in [1.54, 1.807) is 6.07 Å². The average molecular weight is 228 g/mol. The molecule has 1 aliphatic rings. The largest absolute Gasteiger partial charge is 0.314 e. The molecule has 1 aromatic carbocycles. The third-order valence-corrected chi connectivity index (χ3v) is 3.25. The zero-order valence-electron chi connectivity index (χ0n) is 8.60. The zero-order valence-corrected chi connectivity index (χ0v) is 9.36. The van der Waals surface area contributed by atoms with Gasteiger partial charge in [-0.1, -0.05) is 24.1 Å². The van der Waals surface area contributed by atoms with Crippen molar-refractivity contribution in [2.45, 2.75) is 31.7 Å². The lowest BCUT2D eigenvalue weighted by molar-refractivity contribution is 0.399. The summed E-state index contributed by atoms with van der Waals surface area (Å²) in [5.74, 6) is -0.264. The second kappa shape index (κ2) is 4.95. The van der Waals surface area contributed by atoms with Crippen LogP contribution in [0.2, 0.25) is 5.02 Å². The Bertz CT molecular complexity index is 334. The molecule has 1 unspecified atom stereocenters.